The quantitative estimate of drug-likeness (QED) is 0.237. The number of rotatable bonds is 5. The lowest BCUT2D eigenvalue weighted by atomic mass is 9.93. The summed E-state index contributed by atoms with van der Waals surface area (Å²) in [6, 6.07) is 19.6. The van der Waals surface area contributed by atoms with Gasteiger partial charge in [-0.05, 0) is 39.6 Å². The van der Waals surface area contributed by atoms with Gasteiger partial charge in [-0.1, -0.05) is 60.7 Å². The fourth-order valence-electron chi connectivity index (χ4n) is 4.23. The second-order valence-electron chi connectivity index (χ2n) is 7.92. The van der Waals surface area contributed by atoms with Crippen LogP contribution in [0.25, 0.3) is 21.6 Å². The molecule has 0 unspecified atom stereocenters. The second kappa shape index (κ2) is 8.13. The van der Waals surface area contributed by atoms with E-state index in [1.54, 1.807) is 60.7 Å². The third-order valence-electron chi connectivity index (χ3n) is 5.86. The van der Waals surface area contributed by atoms with E-state index in [2.05, 4.69) is 0 Å². The summed E-state index contributed by atoms with van der Waals surface area (Å²) in [5.74, 6) is -15.7. The zero-order chi connectivity index (χ0) is 24.1. The summed E-state index contributed by atoms with van der Waals surface area (Å²) in [7, 11) is 0. The van der Waals surface area contributed by atoms with Gasteiger partial charge < -0.3 is 0 Å². The van der Waals surface area contributed by atoms with Gasteiger partial charge in [-0.3, -0.25) is 0 Å². The van der Waals surface area contributed by atoms with Gasteiger partial charge in [0, 0.05) is 32.9 Å². The molecule has 2 aromatic carbocycles. The summed E-state index contributed by atoms with van der Waals surface area (Å²) < 4.78 is 90.5. The van der Waals surface area contributed by atoms with Crippen LogP contribution in [0.3, 0.4) is 0 Å². The Kier molecular flexibility index (Phi) is 5.48. The SMILES string of the molecule is FC1(F)C(c2ccsc2Cc2ccccc2)=C(c2ccsc2-c2ccccc2)C(F)(F)C1(F)F. The molecule has 0 atom stereocenters. The van der Waals surface area contributed by atoms with E-state index in [9.17, 15) is 8.78 Å². The molecular weight excluding hydrogens is 490 g/mol. The predicted molar refractivity (Wildman–Crippen MR) is 125 cm³/mol. The van der Waals surface area contributed by atoms with E-state index in [1.165, 1.54) is 22.9 Å². The number of hydrogen-bond donors (Lipinski definition) is 0. The first-order chi connectivity index (χ1) is 16.2. The number of halogens is 6. The highest BCUT2D eigenvalue weighted by molar-refractivity contribution is 7.14. The normalized spacial score (nSPS) is 18.4. The van der Waals surface area contributed by atoms with Gasteiger partial charge >= 0.3 is 17.8 Å². The van der Waals surface area contributed by atoms with Crippen molar-refractivity contribution in [3.63, 3.8) is 0 Å². The van der Waals surface area contributed by atoms with Gasteiger partial charge in [-0.15, -0.1) is 22.7 Å². The fourth-order valence-corrected chi connectivity index (χ4v) is 6.06. The van der Waals surface area contributed by atoms with Gasteiger partial charge in [0.1, 0.15) is 0 Å². The van der Waals surface area contributed by atoms with Gasteiger partial charge in [0.25, 0.3) is 0 Å². The molecule has 5 rings (SSSR count). The van der Waals surface area contributed by atoms with Crippen molar-refractivity contribution < 1.29 is 26.3 Å². The van der Waals surface area contributed by atoms with Crippen LogP contribution in [-0.4, -0.2) is 17.8 Å². The summed E-state index contributed by atoms with van der Waals surface area (Å²) in [5.41, 5.74) is -1.93. The van der Waals surface area contributed by atoms with E-state index in [-0.39, 0.29) is 22.4 Å². The lowest BCUT2D eigenvalue weighted by molar-refractivity contribution is -0.254. The Balaban J connectivity index is 1.77. The summed E-state index contributed by atoms with van der Waals surface area (Å²) >= 11 is 2.12. The molecule has 0 fully saturated rings. The smallest absolute Gasteiger partial charge is 0.194 e. The molecule has 0 radical (unpaired) electrons. The van der Waals surface area contributed by atoms with Crippen LogP contribution in [0.15, 0.2) is 83.6 Å². The van der Waals surface area contributed by atoms with Crippen molar-refractivity contribution in [1.82, 2.24) is 0 Å². The summed E-state index contributed by atoms with van der Waals surface area (Å²) in [6.45, 7) is 0. The number of alkyl halides is 6. The molecule has 4 aromatic rings. The van der Waals surface area contributed by atoms with Crippen LogP contribution in [0.2, 0.25) is 0 Å². The molecule has 0 nitrogen and oxygen atoms in total. The Morgan fingerprint density at radius 1 is 0.588 bits per heavy atom. The number of benzene rings is 2. The summed E-state index contributed by atoms with van der Waals surface area (Å²) in [4.78, 5) is 0.560. The average molecular weight is 507 g/mol. The Morgan fingerprint density at radius 3 is 1.76 bits per heavy atom. The standard InChI is InChI=1S/C26H16F6S2/c27-24(28)21(18-11-13-33-20(18)15-16-7-3-1-4-8-16)22(25(29,30)26(24,31)32)19-12-14-34-23(19)17-9-5-2-6-10-17/h1-14H,15H2. The molecule has 174 valence electrons. The molecule has 34 heavy (non-hydrogen) atoms. The van der Waals surface area contributed by atoms with Crippen molar-refractivity contribution in [1.29, 1.82) is 0 Å². The van der Waals surface area contributed by atoms with Crippen LogP contribution in [0, 0.1) is 0 Å². The second-order valence-corrected chi connectivity index (χ2v) is 9.84. The van der Waals surface area contributed by atoms with Crippen LogP contribution in [-0.2, 0) is 6.42 Å². The highest BCUT2D eigenvalue weighted by Crippen LogP contribution is 2.66. The third-order valence-corrected chi connectivity index (χ3v) is 7.74. The number of thiophene rings is 2. The summed E-state index contributed by atoms with van der Waals surface area (Å²) in [5, 5.41) is 2.92. The van der Waals surface area contributed by atoms with E-state index in [0.717, 1.165) is 28.2 Å². The minimum atomic E-state index is -5.58. The zero-order valence-electron chi connectivity index (χ0n) is 17.4. The van der Waals surface area contributed by atoms with Crippen molar-refractivity contribution in [2.45, 2.75) is 24.2 Å². The molecule has 8 heteroatoms. The minimum absolute atomic E-state index is 0.160. The predicted octanol–water partition coefficient (Wildman–Crippen LogP) is 8.90. The molecule has 1 aliphatic rings. The van der Waals surface area contributed by atoms with Crippen LogP contribution < -0.4 is 0 Å². The van der Waals surface area contributed by atoms with Crippen LogP contribution in [0.4, 0.5) is 26.3 Å². The molecule has 0 saturated heterocycles. The first-order valence-corrected chi connectivity index (χ1v) is 12.0. The molecule has 0 spiro atoms. The highest BCUT2D eigenvalue weighted by atomic mass is 32.1. The zero-order valence-corrected chi connectivity index (χ0v) is 19.0. The number of hydrogen-bond acceptors (Lipinski definition) is 2. The van der Waals surface area contributed by atoms with Crippen LogP contribution in [0.1, 0.15) is 21.6 Å². The molecule has 0 N–H and O–H groups in total. The van der Waals surface area contributed by atoms with Gasteiger partial charge in [-0.25, -0.2) is 0 Å². The first-order valence-electron chi connectivity index (χ1n) is 10.3. The van der Waals surface area contributed by atoms with Crippen LogP contribution in [0.5, 0.6) is 0 Å². The van der Waals surface area contributed by atoms with Crippen molar-refractivity contribution >= 4 is 33.8 Å². The van der Waals surface area contributed by atoms with Crippen LogP contribution >= 0.6 is 22.7 Å². The average Bonchev–Trinajstić information content (AvgIpc) is 3.49. The lowest BCUT2D eigenvalue weighted by Crippen LogP contribution is -2.48. The van der Waals surface area contributed by atoms with Gasteiger partial charge in [0.2, 0.25) is 0 Å². The largest absolute Gasteiger partial charge is 0.380 e. The monoisotopic (exact) mass is 506 g/mol. The van der Waals surface area contributed by atoms with Crippen molar-refractivity contribution in [3.8, 4) is 10.4 Å². The van der Waals surface area contributed by atoms with E-state index < -0.39 is 28.9 Å². The maximum atomic E-state index is 15.3. The lowest BCUT2D eigenvalue weighted by Gasteiger charge is -2.26. The Hall–Kier alpha value is -2.84. The molecule has 0 aliphatic heterocycles. The Labute approximate surface area is 199 Å². The summed E-state index contributed by atoms with van der Waals surface area (Å²) in [6.07, 6.45) is 0.160. The van der Waals surface area contributed by atoms with Gasteiger partial charge in [-0.2, -0.15) is 26.3 Å². The van der Waals surface area contributed by atoms with E-state index >= 15 is 17.6 Å². The first kappa shape index (κ1) is 22.9. The molecule has 1 aliphatic carbocycles. The fraction of sp³-hybridized carbons (Fsp3) is 0.154. The molecule has 2 aromatic heterocycles. The van der Waals surface area contributed by atoms with Gasteiger partial charge in [0.05, 0.1) is 0 Å². The molecule has 0 saturated carbocycles. The third kappa shape index (κ3) is 3.34. The highest BCUT2D eigenvalue weighted by Gasteiger charge is 2.80. The molecule has 0 bridgehead atoms. The Morgan fingerprint density at radius 2 is 1.12 bits per heavy atom. The van der Waals surface area contributed by atoms with Gasteiger partial charge in [0.15, 0.2) is 0 Å². The minimum Gasteiger partial charge on any atom is -0.194 e. The topological polar surface area (TPSA) is 0 Å². The maximum Gasteiger partial charge on any atom is 0.380 e. The molecule has 2 heterocycles. The molecule has 0 amide bonds. The maximum absolute atomic E-state index is 15.3. The van der Waals surface area contributed by atoms with E-state index in [1.807, 2.05) is 0 Å². The number of allylic oxidation sites excluding steroid dienone is 2. The molecular formula is C26H16F6S2. The van der Waals surface area contributed by atoms with Crippen molar-refractivity contribution in [3.05, 3.63) is 105 Å². The van der Waals surface area contributed by atoms with Crippen molar-refractivity contribution in [2.24, 2.45) is 0 Å². The van der Waals surface area contributed by atoms with E-state index in [4.69, 9.17) is 0 Å². The Bertz CT molecular complexity index is 1350. The van der Waals surface area contributed by atoms with Crippen molar-refractivity contribution in [2.75, 3.05) is 0 Å². The van der Waals surface area contributed by atoms with E-state index in [0.29, 0.717) is 10.4 Å².